The number of ketones is 1. The van der Waals surface area contributed by atoms with Crippen LogP contribution in [0.3, 0.4) is 0 Å². The fourth-order valence-corrected chi connectivity index (χ4v) is 3.17. The first-order valence-corrected chi connectivity index (χ1v) is 9.01. The summed E-state index contributed by atoms with van der Waals surface area (Å²) in [6.45, 7) is -0.926. The van der Waals surface area contributed by atoms with Gasteiger partial charge in [0.1, 0.15) is 29.8 Å². The van der Waals surface area contributed by atoms with E-state index in [-0.39, 0.29) is 17.9 Å². The summed E-state index contributed by atoms with van der Waals surface area (Å²) in [7, 11) is 2.80. The number of aliphatic hydroxyl groups excluding tert-OH is 3. The molecule has 162 valence electrons. The molecule has 0 amide bonds. The first kappa shape index (κ1) is 21.7. The van der Waals surface area contributed by atoms with E-state index in [0.717, 1.165) is 16.8 Å². The Balaban J connectivity index is 1.96. The Morgan fingerprint density at radius 3 is 2.53 bits per heavy atom. The lowest BCUT2D eigenvalue weighted by Gasteiger charge is -2.35. The molecule has 0 unspecified atom stereocenters. The molecule has 11 nitrogen and oxygen atoms in total. The molecule has 0 radical (unpaired) electrons. The van der Waals surface area contributed by atoms with Crippen molar-refractivity contribution in [2.75, 3.05) is 20.8 Å². The van der Waals surface area contributed by atoms with Crippen LogP contribution in [0.5, 0.6) is 11.5 Å². The number of hydrogen-bond acceptors (Lipinski definition) is 9. The molecule has 2 aromatic rings. The van der Waals surface area contributed by atoms with Crippen LogP contribution in [0.2, 0.25) is 0 Å². The zero-order chi connectivity index (χ0) is 22.0. The highest BCUT2D eigenvalue weighted by Crippen LogP contribution is 2.25. The predicted molar refractivity (Wildman–Crippen MR) is 102 cm³/mol. The summed E-state index contributed by atoms with van der Waals surface area (Å²) in [6, 6.07) is 5.58. The van der Waals surface area contributed by atoms with Crippen molar-refractivity contribution in [2.45, 2.75) is 31.1 Å². The lowest BCUT2D eigenvalue weighted by molar-refractivity contribution is -0.212. The third-order valence-electron chi connectivity index (χ3n) is 4.85. The number of carbonyl (C=O) groups is 1. The normalized spacial score (nSPS) is 23.8. The van der Waals surface area contributed by atoms with Gasteiger partial charge in [0.2, 0.25) is 0 Å². The van der Waals surface area contributed by atoms with Gasteiger partial charge in [-0.15, -0.1) is 0 Å². The van der Waals surface area contributed by atoms with Crippen molar-refractivity contribution >= 4 is 5.78 Å². The summed E-state index contributed by atoms with van der Waals surface area (Å²) in [6.07, 6.45) is -4.73. The lowest BCUT2D eigenvalue weighted by Crippen LogP contribution is -2.54. The van der Waals surface area contributed by atoms with E-state index >= 15 is 0 Å². The smallest absolute Gasteiger partial charge is 0.333 e. The van der Waals surface area contributed by atoms with E-state index in [0.29, 0.717) is 10.3 Å². The highest BCUT2D eigenvalue weighted by atomic mass is 16.5. The van der Waals surface area contributed by atoms with Crippen molar-refractivity contribution in [3.63, 3.8) is 0 Å². The first-order chi connectivity index (χ1) is 14.3. The zero-order valence-corrected chi connectivity index (χ0v) is 16.3. The molecule has 3 N–H and O–H groups in total. The van der Waals surface area contributed by atoms with Gasteiger partial charge >= 0.3 is 5.69 Å². The summed E-state index contributed by atoms with van der Waals surface area (Å²) < 4.78 is 17.1. The van der Waals surface area contributed by atoms with Crippen molar-refractivity contribution in [3.8, 4) is 11.5 Å². The topological polar surface area (TPSA) is 149 Å². The summed E-state index contributed by atoms with van der Waals surface area (Å²) in [4.78, 5) is 37.9. The largest absolute Gasteiger partial charge is 0.497 e. The number of benzene rings is 1. The van der Waals surface area contributed by atoms with Crippen LogP contribution < -0.4 is 20.7 Å². The maximum atomic E-state index is 12.8. The van der Waals surface area contributed by atoms with Crippen LogP contribution in [0.25, 0.3) is 0 Å². The number of ether oxygens (including phenoxy) is 3. The van der Waals surface area contributed by atoms with Crippen LogP contribution in [0.4, 0.5) is 0 Å². The second-order valence-electron chi connectivity index (χ2n) is 6.69. The summed E-state index contributed by atoms with van der Waals surface area (Å²) in [5, 5.41) is 29.6. The summed E-state index contributed by atoms with van der Waals surface area (Å²) >= 11 is 0. The van der Waals surface area contributed by atoms with Crippen LogP contribution in [-0.2, 0) is 11.3 Å². The molecule has 3 rings (SSSR count). The molecule has 0 aliphatic carbocycles. The Bertz CT molecular complexity index is 1050. The standard InChI is InChI=1S/C19H22N2O9/c1-28-10-3-4-14(29-2)11(7-10)12(22)8-21-15(24)5-6-20(19(21)27)18-17(26)16(25)13(23)9-30-18/h3-7,13,16-18,23,25-26H,8-9H2,1-2H3/t13-,16-,17+,18-/m1/s1. The minimum Gasteiger partial charge on any atom is -0.497 e. The van der Waals surface area contributed by atoms with Gasteiger partial charge in [-0.3, -0.25) is 18.7 Å². The number of rotatable bonds is 6. The van der Waals surface area contributed by atoms with Gasteiger partial charge in [-0.05, 0) is 18.2 Å². The average Bonchev–Trinajstić information content (AvgIpc) is 2.75. The van der Waals surface area contributed by atoms with Gasteiger partial charge < -0.3 is 29.5 Å². The number of aromatic nitrogens is 2. The third-order valence-corrected chi connectivity index (χ3v) is 4.85. The van der Waals surface area contributed by atoms with Crippen LogP contribution >= 0.6 is 0 Å². The van der Waals surface area contributed by atoms with E-state index in [4.69, 9.17) is 14.2 Å². The van der Waals surface area contributed by atoms with E-state index < -0.39 is 48.1 Å². The van der Waals surface area contributed by atoms with Gasteiger partial charge in [0.25, 0.3) is 5.56 Å². The van der Waals surface area contributed by atoms with E-state index in [9.17, 15) is 29.7 Å². The Hall–Kier alpha value is -2.99. The van der Waals surface area contributed by atoms with Gasteiger partial charge in [-0.25, -0.2) is 4.79 Å². The number of methoxy groups -OCH3 is 2. The molecule has 30 heavy (non-hydrogen) atoms. The minimum atomic E-state index is -1.62. The fourth-order valence-electron chi connectivity index (χ4n) is 3.17. The Morgan fingerprint density at radius 2 is 1.87 bits per heavy atom. The van der Waals surface area contributed by atoms with E-state index in [2.05, 4.69) is 0 Å². The maximum absolute atomic E-state index is 12.8. The minimum absolute atomic E-state index is 0.117. The van der Waals surface area contributed by atoms with Crippen LogP contribution in [0, 0.1) is 0 Å². The molecule has 1 aromatic carbocycles. The number of nitrogens with zero attached hydrogens (tertiary/aromatic N) is 2. The maximum Gasteiger partial charge on any atom is 0.333 e. The van der Waals surface area contributed by atoms with Gasteiger partial charge in [-0.2, -0.15) is 0 Å². The van der Waals surface area contributed by atoms with Crippen molar-refractivity contribution in [1.82, 2.24) is 9.13 Å². The molecule has 1 aromatic heterocycles. The van der Waals surface area contributed by atoms with Crippen molar-refractivity contribution in [3.05, 3.63) is 56.9 Å². The molecular formula is C19H22N2O9. The van der Waals surface area contributed by atoms with Crippen LogP contribution in [0.1, 0.15) is 16.6 Å². The number of hydrogen-bond donors (Lipinski definition) is 3. The second-order valence-corrected chi connectivity index (χ2v) is 6.69. The summed E-state index contributed by atoms with van der Waals surface area (Å²) in [5.74, 6) is 0.0553. The molecule has 11 heteroatoms. The Morgan fingerprint density at radius 1 is 1.13 bits per heavy atom. The van der Waals surface area contributed by atoms with Crippen molar-refractivity contribution in [1.29, 1.82) is 0 Å². The predicted octanol–water partition coefficient (Wildman–Crippen LogP) is -1.48. The molecule has 1 saturated heterocycles. The molecule has 1 fully saturated rings. The van der Waals surface area contributed by atoms with Crippen molar-refractivity contribution < 1.29 is 34.3 Å². The molecule has 0 spiro atoms. The van der Waals surface area contributed by atoms with Crippen LogP contribution in [0.15, 0.2) is 40.1 Å². The van der Waals surface area contributed by atoms with Crippen molar-refractivity contribution in [2.24, 2.45) is 0 Å². The molecule has 0 saturated carbocycles. The highest BCUT2D eigenvalue weighted by molar-refractivity contribution is 5.98. The monoisotopic (exact) mass is 422 g/mol. The first-order valence-electron chi connectivity index (χ1n) is 9.01. The van der Waals surface area contributed by atoms with Gasteiger partial charge in [0, 0.05) is 12.3 Å². The average molecular weight is 422 g/mol. The molecule has 1 aliphatic heterocycles. The second kappa shape index (κ2) is 8.79. The van der Waals surface area contributed by atoms with E-state index in [1.54, 1.807) is 6.07 Å². The molecule has 4 atom stereocenters. The quantitative estimate of drug-likeness (QED) is 0.474. The van der Waals surface area contributed by atoms with Gasteiger partial charge in [0.15, 0.2) is 12.0 Å². The molecule has 0 bridgehead atoms. The lowest BCUT2D eigenvalue weighted by atomic mass is 10.0. The molecule has 1 aliphatic rings. The highest BCUT2D eigenvalue weighted by Gasteiger charge is 2.39. The number of carbonyl (C=O) groups excluding carboxylic acids is 1. The molecule has 2 heterocycles. The Kier molecular flexibility index (Phi) is 6.37. The van der Waals surface area contributed by atoms with E-state index in [1.165, 1.54) is 26.4 Å². The van der Waals surface area contributed by atoms with Gasteiger partial charge in [-0.1, -0.05) is 0 Å². The third kappa shape index (κ3) is 4.00. The SMILES string of the molecule is COc1ccc(OC)c(C(=O)Cn2c(=O)ccn([C@@H]3OC[C@@H](O)[C@@H](O)[C@@H]3O)c2=O)c1. The zero-order valence-electron chi connectivity index (χ0n) is 16.3. The molecular weight excluding hydrogens is 400 g/mol. The Labute approximate surface area is 170 Å². The van der Waals surface area contributed by atoms with E-state index in [1.807, 2.05) is 0 Å². The number of Topliss-reactive ketones (excluding diaryl/α,β-unsaturated/α-hetero) is 1. The summed E-state index contributed by atoms with van der Waals surface area (Å²) in [5.41, 5.74) is -1.55. The fraction of sp³-hybridized carbons (Fsp3) is 0.421. The van der Waals surface area contributed by atoms with Gasteiger partial charge in [0.05, 0.1) is 32.9 Å². The van der Waals surface area contributed by atoms with Crippen LogP contribution in [-0.4, -0.2) is 69.4 Å². The number of aliphatic hydroxyl groups is 3.